The third-order valence-corrected chi connectivity index (χ3v) is 4.01. The zero-order valence-corrected chi connectivity index (χ0v) is 13.4. The van der Waals surface area contributed by atoms with Gasteiger partial charge in [-0.2, -0.15) is 4.98 Å². The minimum Gasteiger partial charge on any atom is -0.408 e. The topological polar surface area (TPSA) is 81.1 Å². The van der Waals surface area contributed by atoms with Gasteiger partial charge in [-0.3, -0.25) is 0 Å². The molecule has 1 aliphatic rings. The molecule has 0 N–H and O–H groups in total. The van der Waals surface area contributed by atoms with Crippen LogP contribution in [0.15, 0.2) is 8.94 Å². The Morgan fingerprint density at radius 1 is 1.23 bits per heavy atom. The Kier molecular flexibility index (Phi) is 4.40. The van der Waals surface area contributed by atoms with Gasteiger partial charge in [0, 0.05) is 31.3 Å². The number of anilines is 1. The second-order valence-electron chi connectivity index (χ2n) is 6.14. The second-order valence-corrected chi connectivity index (χ2v) is 6.14. The van der Waals surface area contributed by atoms with Crippen LogP contribution in [-0.4, -0.2) is 33.4 Å². The molecule has 22 heavy (non-hydrogen) atoms. The predicted octanol–water partition coefficient (Wildman–Crippen LogP) is 2.91. The highest BCUT2D eigenvalue weighted by molar-refractivity contribution is 5.25. The van der Waals surface area contributed by atoms with E-state index in [2.05, 4.69) is 46.0 Å². The Morgan fingerprint density at radius 2 is 2.00 bits per heavy atom. The van der Waals surface area contributed by atoms with Crippen molar-refractivity contribution < 1.29 is 8.94 Å². The summed E-state index contributed by atoms with van der Waals surface area (Å²) in [7, 11) is 0. The zero-order chi connectivity index (χ0) is 15.5. The molecule has 0 bridgehead atoms. The predicted molar refractivity (Wildman–Crippen MR) is 80.9 cm³/mol. The van der Waals surface area contributed by atoms with E-state index < -0.39 is 0 Å². The number of piperidine rings is 1. The van der Waals surface area contributed by atoms with Gasteiger partial charge in [0.05, 0.1) is 0 Å². The van der Waals surface area contributed by atoms with Gasteiger partial charge in [0.2, 0.25) is 11.8 Å². The van der Waals surface area contributed by atoms with Crippen LogP contribution in [-0.2, 0) is 6.42 Å². The highest BCUT2D eigenvalue weighted by atomic mass is 16.5. The van der Waals surface area contributed by atoms with Gasteiger partial charge in [-0.15, -0.1) is 5.10 Å². The van der Waals surface area contributed by atoms with Gasteiger partial charge in [0.1, 0.15) is 0 Å². The third kappa shape index (κ3) is 3.13. The summed E-state index contributed by atoms with van der Waals surface area (Å²) < 4.78 is 11.1. The summed E-state index contributed by atoms with van der Waals surface area (Å²) in [6.45, 7) is 7.99. The molecule has 2 aromatic heterocycles. The summed E-state index contributed by atoms with van der Waals surface area (Å²) in [4.78, 5) is 6.65. The molecule has 3 heterocycles. The van der Waals surface area contributed by atoms with Crippen molar-refractivity contribution in [1.82, 2.24) is 20.3 Å². The second kappa shape index (κ2) is 6.46. The fourth-order valence-electron chi connectivity index (χ4n) is 2.65. The molecular weight excluding hydrogens is 282 g/mol. The molecule has 0 aromatic carbocycles. The summed E-state index contributed by atoms with van der Waals surface area (Å²) in [6, 6.07) is 0.635. The SMILES string of the molecule is CCCc1nnc(N2CCC(c3nc(C(C)C)no3)CC2)o1. The lowest BCUT2D eigenvalue weighted by molar-refractivity contribution is 0.322. The number of rotatable bonds is 5. The lowest BCUT2D eigenvalue weighted by atomic mass is 9.97. The van der Waals surface area contributed by atoms with Crippen LogP contribution in [0.2, 0.25) is 0 Å². The highest BCUT2D eigenvalue weighted by Crippen LogP contribution is 2.29. The van der Waals surface area contributed by atoms with E-state index in [0.717, 1.165) is 56.4 Å². The van der Waals surface area contributed by atoms with Crippen molar-refractivity contribution in [3.8, 4) is 0 Å². The maximum atomic E-state index is 5.69. The Morgan fingerprint density at radius 3 is 2.64 bits per heavy atom. The summed E-state index contributed by atoms with van der Waals surface area (Å²) in [5.41, 5.74) is 0. The van der Waals surface area contributed by atoms with E-state index in [9.17, 15) is 0 Å². The summed E-state index contributed by atoms with van der Waals surface area (Å²) in [5, 5.41) is 12.3. The van der Waals surface area contributed by atoms with Gasteiger partial charge >= 0.3 is 6.01 Å². The van der Waals surface area contributed by atoms with Crippen LogP contribution in [0.25, 0.3) is 0 Å². The fraction of sp³-hybridized carbons (Fsp3) is 0.733. The van der Waals surface area contributed by atoms with Crippen molar-refractivity contribution in [3.05, 3.63) is 17.6 Å². The molecule has 0 amide bonds. The number of aryl methyl sites for hydroxylation is 1. The molecule has 3 rings (SSSR count). The van der Waals surface area contributed by atoms with Crippen molar-refractivity contribution in [2.24, 2.45) is 0 Å². The van der Waals surface area contributed by atoms with Gasteiger partial charge in [-0.1, -0.05) is 31.0 Å². The molecule has 1 saturated heterocycles. The minimum atomic E-state index is 0.299. The Hall–Kier alpha value is -1.92. The van der Waals surface area contributed by atoms with Gasteiger partial charge in [0.15, 0.2) is 5.82 Å². The first kappa shape index (κ1) is 15.0. The van der Waals surface area contributed by atoms with Gasteiger partial charge in [-0.25, -0.2) is 0 Å². The van der Waals surface area contributed by atoms with Crippen LogP contribution >= 0.6 is 0 Å². The average Bonchev–Trinajstić information content (AvgIpc) is 3.17. The molecule has 0 saturated carbocycles. The number of aromatic nitrogens is 4. The normalized spacial score (nSPS) is 16.6. The molecule has 7 heteroatoms. The molecule has 0 unspecified atom stereocenters. The molecule has 7 nitrogen and oxygen atoms in total. The lowest BCUT2D eigenvalue weighted by Gasteiger charge is -2.28. The quantitative estimate of drug-likeness (QED) is 0.840. The maximum absolute atomic E-state index is 5.69. The molecule has 0 aliphatic carbocycles. The van der Waals surface area contributed by atoms with Crippen molar-refractivity contribution in [3.63, 3.8) is 0 Å². The molecule has 2 aromatic rings. The Balaban J connectivity index is 1.59. The first-order chi connectivity index (χ1) is 10.7. The van der Waals surface area contributed by atoms with Crippen molar-refractivity contribution in [1.29, 1.82) is 0 Å². The van der Waals surface area contributed by atoms with Crippen LogP contribution in [0.5, 0.6) is 0 Å². The molecular formula is C15H23N5O2. The Labute approximate surface area is 130 Å². The lowest BCUT2D eigenvalue weighted by Crippen LogP contribution is -2.33. The molecule has 120 valence electrons. The zero-order valence-electron chi connectivity index (χ0n) is 13.4. The van der Waals surface area contributed by atoms with Gasteiger partial charge in [0.25, 0.3) is 0 Å². The third-order valence-electron chi connectivity index (χ3n) is 4.01. The van der Waals surface area contributed by atoms with Crippen LogP contribution in [0.3, 0.4) is 0 Å². The standard InChI is InChI=1S/C15H23N5O2/c1-4-5-12-17-18-15(21-12)20-8-6-11(7-9-20)14-16-13(10(2)3)19-22-14/h10-11H,4-9H2,1-3H3. The molecule has 1 fully saturated rings. The number of hydrogen-bond acceptors (Lipinski definition) is 7. The van der Waals surface area contributed by atoms with E-state index in [0.29, 0.717) is 17.9 Å². The van der Waals surface area contributed by atoms with E-state index >= 15 is 0 Å². The molecule has 1 aliphatic heterocycles. The summed E-state index contributed by atoms with van der Waals surface area (Å²) in [5.74, 6) is 2.90. The molecule has 0 atom stereocenters. The minimum absolute atomic E-state index is 0.299. The van der Waals surface area contributed by atoms with Crippen molar-refractivity contribution >= 4 is 6.01 Å². The van der Waals surface area contributed by atoms with E-state index in [4.69, 9.17) is 8.94 Å². The number of nitrogens with zero attached hydrogens (tertiary/aromatic N) is 5. The molecule has 0 radical (unpaired) electrons. The first-order valence-corrected chi connectivity index (χ1v) is 8.08. The summed E-state index contributed by atoms with van der Waals surface area (Å²) >= 11 is 0. The summed E-state index contributed by atoms with van der Waals surface area (Å²) in [6.07, 6.45) is 3.78. The average molecular weight is 305 g/mol. The van der Waals surface area contributed by atoms with Crippen molar-refractivity contribution in [2.45, 2.75) is 58.3 Å². The number of hydrogen-bond donors (Lipinski definition) is 0. The molecule has 0 spiro atoms. The smallest absolute Gasteiger partial charge is 0.318 e. The highest BCUT2D eigenvalue weighted by Gasteiger charge is 2.27. The van der Waals surface area contributed by atoms with Crippen LogP contribution < -0.4 is 4.90 Å². The van der Waals surface area contributed by atoms with Crippen LogP contribution in [0, 0.1) is 0 Å². The van der Waals surface area contributed by atoms with Gasteiger partial charge < -0.3 is 13.8 Å². The fourth-order valence-corrected chi connectivity index (χ4v) is 2.65. The van der Waals surface area contributed by atoms with Crippen LogP contribution in [0.4, 0.5) is 6.01 Å². The maximum Gasteiger partial charge on any atom is 0.318 e. The van der Waals surface area contributed by atoms with E-state index in [1.54, 1.807) is 0 Å². The Bertz CT molecular complexity index is 599. The largest absolute Gasteiger partial charge is 0.408 e. The van der Waals surface area contributed by atoms with E-state index in [1.165, 1.54) is 0 Å². The van der Waals surface area contributed by atoms with E-state index in [1.807, 2.05) is 0 Å². The first-order valence-electron chi connectivity index (χ1n) is 8.08. The van der Waals surface area contributed by atoms with Gasteiger partial charge in [-0.05, 0) is 19.3 Å². The van der Waals surface area contributed by atoms with Crippen molar-refractivity contribution in [2.75, 3.05) is 18.0 Å². The monoisotopic (exact) mass is 305 g/mol. The van der Waals surface area contributed by atoms with E-state index in [-0.39, 0.29) is 0 Å². The van der Waals surface area contributed by atoms with Crippen LogP contribution in [0.1, 0.15) is 69.5 Å².